The lowest BCUT2D eigenvalue weighted by molar-refractivity contribution is -0.138. The number of nitrogens with zero attached hydrogens (tertiary/aromatic N) is 2. The summed E-state index contributed by atoms with van der Waals surface area (Å²) in [5.74, 6) is -1.31. The van der Waals surface area contributed by atoms with E-state index in [4.69, 9.17) is 15.2 Å². The minimum Gasteiger partial charge on any atom is -0.466 e. The van der Waals surface area contributed by atoms with Gasteiger partial charge in [0.15, 0.2) is 5.41 Å². The minimum absolute atomic E-state index is 0.0468. The monoisotopic (exact) mass is 403 g/mol. The molecule has 0 radical (unpaired) electrons. The molecule has 8 heteroatoms. The predicted molar refractivity (Wildman–Crippen MR) is 91.9 cm³/mol. The van der Waals surface area contributed by atoms with E-state index in [2.05, 4.69) is 15.9 Å². The minimum atomic E-state index is -1.69. The number of likely N-dealkylation sites (N-methyl/N-ethyl adjacent to an activating group) is 1. The molecule has 3 rings (SSSR count). The first-order valence-electron chi connectivity index (χ1n) is 7.26. The summed E-state index contributed by atoms with van der Waals surface area (Å²) in [6, 6.07) is 7.15. The van der Waals surface area contributed by atoms with Crippen molar-refractivity contribution < 1.29 is 19.1 Å². The topological polar surface area (TPSA) is 106 Å². The molecular weight excluding hydrogens is 390 g/mol. The lowest BCUT2D eigenvalue weighted by Crippen LogP contribution is -2.47. The van der Waals surface area contributed by atoms with Gasteiger partial charge in [-0.05, 0) is 25.1 Å². The Labute approximate surface area is 152 Å². The maximum atomic E-state index is 13.3. The summed E-state index contributed by atoms with van der Waals surface area (Å²) in [7, 11) is 2.78. The van der Waals surface area contributed by atoms with Gasteiger partial charge in [-0.2, -0.15) is 5.26 Å². The summed E-state index contributed by atoms with van der Waals surface area (Å²) >= 11 is 3.38. The lowest BCUT2D eigenvalue weighted by Gasteiger charge is -2.34. The number of esters is 1. The van der Waals surface area contributed by atoms with E-state index in [-0.39, 0.29) is 22.8 Å². The molecule has 0 bridgehead atoms. The molecule has 0 fully saturated rings. The summed E-state index contributed by atoms with van der Waals surface area (Å²) in [6.07, 6.45) is 0. The molecule has 128 valence electrons. The molecule has 1 amide bonds. The van der Waals surface area contributed by atoms with Gasteiger partial charge in [-0.25, -0.2) is 4.79 Å². The Kier molecular flexibility index (Phi) is 3.84. The third kappa shape index (κ3) is 2.02. The van der Waals surface area contributed by atoms with Gasteiger partial charge in [0, 0.05) is 22.8 Å². The third-order valence-electron chi connectivity index (χ3n) is 4.46. The highest BCUT2D eigenvalue weighted by atomic mass is 79.9. The van der Waals surface area contributed by atoms with Gasteiger partial charge in [-0.3, -0.25) is 4.79 Å². The van der Waals surface area contributed by atoms with Crippen LogP contribution in [-0.4, -0.2) is 26.0 Å². The van der Waals surface area contributed by atoms with Gasteiger partial charge >= 0.3 is 5.97 Å². The smallest absolute Gasteiger partial charge is 0.339 e. The molecule has 1 aromatic carbocycles. The van der Waals surface area contributed by atoms with Crippen LogP contribution in [-0.2, 0) is 24.5 Å². The third-order valence-corrected chi connectivity index (χ3v) is 4.96. The highest BCUT2D eigenvalue weighted by Crippen LogP contribution is 2.54. The molecular formula is C17H14BrN3O4. The van der Waals surface area contributed by atoms with Crippen molar-refractivity contribution >= 4 is 33.5 Å². The van der Waals surface area contributed by atoms with Gasteiger partial charge in [0.2, 0.25) is 11.8 Å². The van der Waals surface area contributed by atoms with Gasteiger partial charge in [-0.1, -0.05) is 15.9 Å². The van der Waals surface area contributed by atoms with E-state index in [0.29, 0.717) is 15.7 Å². The van der Waals surface area contributed by atoms with Gasteiger partial charge < -0.3 is 20.1 Å². The maximum absolute atomic E-state index is 13.3. The van der Waals surface area contributed by atoms with Gasteiger partial charge in [0.25, 0.3) is 0 Å². The number of allylic oxidation sites excluding steroid dienone is 1. The molecule has 2 aliphatic heterocycles. The van der Waals surface area contributed by atoms with Crippen molar-refractivity contribution in [3.63, 3.8) is 0 Å². The van der Waals surface area contributed by atoms with Gasteiger partial charge in [0.1, 0.15) is 23.0 Å². The molecule has 1 atom stereocenters. The summed E-state index contributed by atoms with van der Waals surface area (Å²) in [5.41, 5.74) is 5.08. The summed E-state index contributed by atoms with van der Waals surface area (Å²) in [5, 5.41) is 9.72. The average Bonchev–Trinajstić information content (AvgIpc) is 2.77. The number of halogens is 1. The van der Waals surface area contributed by atoms with Crippen LogP contribution in [0.15, 0.2) is 45.5 Å². The van der Waals surface area contributed by atoms with E-state index in [1.54, 1.807) is 25.2 Å². The van der Waals surface area contributed by atoms with E-state index >= 15 is 0 Å². The van der Waals surface area contributed by atoms with Crippen LogP contribution in [0.4, 0.5) is 5.69 Å². The molecule has 1 aromatic rings. The molecule has 0 unspecified atom stereocenters. The quantitative estimate of drug-likeness (QED) is 0.716. The molecule has 2 heterocycles. The zero-order chi connectivity index (χ0) is 18.5. The van der Waals surface area contributed by atoms with Gasteiger partial charge in [0.05, 0.1) is 7.11 Å². The van der Waals surface area contributed by atoms with E-state index < -0.39 is 17.3 Å². The zero-order valence-electron chi connectivity index (χ0n) is 13.7. The number of fused-ring (bicyclic) bond motifs is 2. The number of carbonyl (C=O) groups excluding carboxylic acids is 2. The normalized spacial score (nSPS) is 22.0. The van der Waals surface area contributed by atoms with Crippen molar-refractivity contribution in [2.24, 2.45) is 5.73 Å². The van der Waals surface area contributed by atoms with Crippen LogP contribution in [0, 0.1) is 11.3 Å². The first kappa shape index (κ1) is 17.0. The summed E-state index contributed by atoms with van der Waals surface area (Å²) in [6.45, 7) is 1.51. The predicted octanol–water partition coefficient (Wildman–Crippen LogP) is 1.83. The second kappa shape index (κ2) is 5.63. The molecule has 2 aliphatic rings. The Hall–Kier alpha value is -2.79. The lowest BCUT2D eigenvalue weighted by atomic mass is 9.68. The number of anilines is 1. The maximum Gasteiger partial charge on any atom is 0.339 e. The highest BCUT2D eigenvalue weighted by Gasteiger charge is 2.61. The van der Waals surface area contributed by atoms with Crippen molar-refractivity contribution in [2.45, 2.75) is 12.3 Å². The summed E-state index contributed by atoms with van der Waals surface area (Å²) in [4.78, 5) is 27.2. The fourth-order valence-electron chi connectivity index (χ4n) is 3.44. The Morgan fingerprint density at radius 1 is 1.48 bits per heavy atom. The molecule has 0 saturated carbocycles. The first-order chi connectivity index (χ1) is 11.8. The molecule has 7 nitrogen and oxygen atoms in total. The average molecular weight is 404 g/mol. The Balaban J connectivity index is 2.50. The number of carbonyl (C=O) groups is 2. The van der Waals surface area contributed by atoms with Crippen LogP contribution in [0.1, 0.15) is 12.5 Å². The molecule has 0 aromatic heterocycles. The Bertz CT molecular complexity index is 928. The van der Waals surface area contributed by atoms with Crippen molar-refractivity contribution in [1.82, 2.24) is 0 Å². The molecule has 2 N–H and O–H groups in total. The van der Waals surface area contributed by atoms with Crippen LogP contribution >= 0.6 is 15.9 Å². The van der Waals surface area contributed by atoms with E-state index in [1.165, 1.54) is 18.9 Å². The highest BCUT2D eigenvalue weighted by molar-refractivity contribution is 9.10. The molecule has 1 spiro atoms. The van der Waals surface area contributed by atoms with Gasteiger partial charge in [-0.15, -0.1) is 0 Å². The number of hydrogen-bond donors (Lipinski definition) is 1. The van der Waals surface area contributed by atoms with Crippen molar-refractivity contribution in [2.75, 3.05) is 19.1 Å². The number of amides is 1. The first-order valence-corrected chi connectivity index (χ1v) is 8.06. The van der Waals surface area contributed by atoms with Crippen molar-refractivity contribution in [3.05, 3.63) is 51.0 Å². The fraction of sp³-hybridized carbons (Fsp3) is 0.235. The van der Waals surface area contributed by atoms with Crippen LogP contribution < -0.4 is 10.6 Å². The fourth-order valence-corrected chi connectivity index (χ4v) is 3.80. The number of nitrogens with two attached hydrogens (primary N) is 1. The van der Waals surface area contributed by atoms with Crippen LogP contribution in [0.3, 0.4) is 0 Å². The molecule has 25 heavy (non-hydrogen) atoms. The van der Waals surface area contributed by atoms with Crippen LogP contribution in [0.5, 0.6) is 0 Å². The number of nitriles is 1. The SMILES string of the molecule is COC(=O)C1=C(C)OC(N)=C(C#N)[C@]12C(=O)N(C)c1ccc(Br)cc12. The van der Waals surface area contributed by atoms with Crippen molar-refractivity contribution in [3.8, 4) is 6.07 Å². The number of methoxy groups -OCH3 is 1. The number of hydrogen-bond acceptors (Lipinski definition) is 6. The number of rotatable bonds is 1. The largest absolute Gasteiger partial charge is 0.466 e. The second-order valence-electron chi connectivity index (χ2n) is 5.65. The second-order valence-corrected chi connectivity index (χ2v) is 6.57. The number of ether oxygens (including phenoxy) is 2. The molecule has 0 aliphatic carbocycles. The van der Waals surface area contributed by atoms with Crippen LogP contribution in [0.2, 0.25) is 0 Å². The van der Waals surface area contributed by atoms with E-state index in [0.717, 1.165) is 0 Å². The Morgan fingerprint density at radius 2 is 2.16 bits per heavy atom. The zero-order valence-corrected chi connectivity index (χ0v) is 15.3. The Morgan fingerprint density at radius 3 is 2.76 bits per heavy atom. The number of benzene rings is 1. The summed E-state index contributed by atoms with van der Waals surface area (Å²) < 4.78 is 10.9. The molecule has 0 saturated heterocycles. The van der Waals surface area contributed by atoms with Crippen LogP contribution in [0.25, 0.3) is 0 Å². The van der Waals surface area contributed by atoms with Crippen molar-refractivity contribution in [1.29, 1.82) is 5.26 Å². The van der Waals surface area contributed by atoms with E-state index in [1.807, 2.05) is 6.07 Å². The standard InChI is InChI=1S/C17H14BrN3O4/c1-8-13(15(22)24-3)17(11(7-19)14(20)25-8)10-6-9(18)4-5-12(10)21(2)16(17)23/h4-6H,20H2,1-3H3/t17-/m0/s1. The van der Waals surface area contributed by atoms with E-state index in [9.17, 15) is 14.9 Å².